The van der Waals surface area contributed by atoms with Crippen molar-refractivity contribution in [1.29, 1.82) is 0 Å². The van der Waals surface area contributed by atoms with E-state index in [1.165, 1.54) is 0 Å². The Hall–Kier alpha value is -2.62. The quantitative estimate of drug-likeness (QED) is 0.856. The lowest BCUT2D eigenvalue weighted by molar-refractivity contribution is 0.102. The summed E-state index contributed by atoms with van der Waals surface area (Å²) in [5, 5.41) is 2.86. The van der Waals surface area contributed by atoms with E-state index in [0.717, 1.165) is 29.2 Å². The highest BCUT2D eigenvalue weighted by atomic mass is 16.1. The van der Waals surface area contributed by atoms with Crippen molar-refractivity contribution < 1.29 is 4.79 Å². The number of amides is 1. The van der Waals surface area contributed by atoms with Crippen molar-refractivity contribution >= 4 is 17.4 Å². The molecule has 1 aromatic heterocycles. The number of hydrogen-bond acceptors (Lipinski definition) is 3. The highest BCUT2D eigenvalue weighted by Gasteiger charge is 2.08. The van der Waals surface area contributed by atoms with Crippen molar-refractivity contribution in [2.45, 2.75) is 13.8 Å². The van der Waals surface area contributed by atoms with Gasteiger partial charge in [0.25, 0.3) is 5.91 Å². The van der Waals surface area contributed by atoms with Crippen LogP contribution in [-0.2, 0) is 0 Å². The molecule has 0 aliphatic rings. The lowest BCUT2D eigenvalue weighted by Crippen LogP contribution is -2.20. The fourth-order valence-electron chi connectivity index (χ4n) is 2.07. The monoisotopic (exact) mass is 295 g/mol. The van der Waals surface area contributed by atoms with Crippen molar-refractivity contribution in [3.05, 3.63) is 65.9 Å². The van der Waals surface area contributed by atoms with E-state index in [-0.39, 0.29) is 5.91 Å². The van der Waals surface area contributed by atoms with E-state index >= 15 is 0 Å². The fourth-order valence-corrected chi connectivity index (χ4v) is 2.07. The maximum absolute atomic E-state index is 12.2. The van der Waals surface area contributed by atoms with Crippen LogP contribution in [0.4, 0.5) is 11.5 Å². The minimum absolute atomic E-state index is 0.162. The van der Waals surface area contributed by atoms with Crippen LogP contribution in [0, 0.1) is 6.92 Å². The third-order valence-corrected chi connectivity index (χ3v) is 3.22. The van der Waals surface area contributed by atoms with Gasteiger partial charge in [-0.25, -0.2) is 4.98 Å². The summed E-state index contributed by atoms with van der Waals surface area (Å²) in [6, 6.07) is 11.3. The highest BCUT2D eigenvalue weighted by molar-refractivity contribution is 6.04. The molecule has 0 saturated heterocycles. The summed E-state index contributed by atoms with van der Waals surface area (Å²) < 4.78 is 0. The van der Waals surface area contributed by atoms with Gasteiger partial charge in [-0.2, -0.15) is 0 Å². The van der Waals surface area contributed by atoms with Crippen LogP contribution >= 0.6 is 0 Å². The molecule has 1 heterocycles. The number of likely N-dealkylation sites (N-methyl/N-ethyl adjacent to an activating group) is 1. The Kier molecular flexibility index (Phi) is 4.94. The van der Waals surface area contributed by atoms with Gasteiger partial charge in [-0.05, 0) is 38.1 Å². The Morgan fingerprint density at radius 1 is 1.23 bits per heavy atom. The van der Waals surface area contributed by atoms with Crippen LogP contribution in [-0.4, -0.2) is 24.5 Å². The molecule has 2 aromatic rings. The average molecular weight is 295 g/mol. The first kappa shape index (κ1) is 15.8. The van der Waals surface area contributed by atoms with E-state index in [1.807, 2.05) is 56.1 Å². The van der Waals surface area contributed by atoms with Gasteiger partial charge < -0.3 is 10.2 Å². The zero-order valence-electron chi connectivity index (χ0n) is 13.3. The predicted molar refractivity (Wildman–Crippen MR) is 91.5 cm³/mol. The van der Waals surface area contributed by atoms with Crippen LogP contribution in [0.15, 0.2) is 54.7 Å². The molecule has 4 nitrogen and oxygen atoms in total. The number of carbonyl (C=O) groups excluding carboxylic acids is 1. The zero-order valence-corrected chi connectivity index (χ0v) is 13.3. The summed E-state index contributed by atoms with van der Waals surface area (Å²) in [4.78, 5) is 18.5. The first-order chi connectivity index (χ1) is 10.5. The number of pyridine rings is 1. The van der Waals surface area contributed by atoms with Crippen LogP contribution in [0.25, 0.3) is 0 Å². The molecule has 0 spiro atoms. The Balaban J connectivity index is 2.04. The molecule has 2 rings (SSSR count). The molecule has 22 heavy (non-hydrogen) atoms. The minimum Gasteiger partial charge on any atom is -0.356 e. The number of hydrogen-bond donors (Lipinski definition) is 1. The summed E-state index contributed by atoms with van der Waals surface area (Å²) in [6.45, 7) is 8.61. The maximum atomic E-state index is 12.2. The van der Waals surface area contributed by atoms with E-state index < -0.39 is 0 Å². The van der Waals surface area contributed by atoms with Crippen molar-refractivity contribution in [3.8, 4) is 0 Å². The molecular weight excluding hydrogens is 274 g/mol. The summed E-state index contributed by atoms with van der Waals surface area (Å²) in [7, 11) is 1.95. The molecule has 1 aromatic carbocycles. The third-order valence-electron chi connectivity index (χ3n) is 3.22. The number of anilines is 2. The average Bonchev–Trinajstić information content (AvgIpc) is 2.49. The predicted octanol–water partition coefficient (Wildman–Crippen LogP) is 3.65. The summed E-state index contributed by atoms with van der Waals surface area (Å²) in [5.74, 6) is 0.653. The molecular formula is C18H21N3O. The molecule has 1 N–H and O–H groups in total. The van der Waals surface area contributed by atoms with Crippen LogP contribution in [0.3, 0.4) is 0 Å². The van der Waals surface area contributed by atoms with Gasteiger partial charge in [-0.1, -0.05) is 29.8 Å². The van der Waals surface area contributed by atoms with Crippen molar-refractivity contribution in [1.82, 2.24) is 4.98 Å². The molecule has 0 fully saturated rings. The maximum Gasteiger partial charge on any atom is 0.257 e. The Labute approximate surface area is 131 Å². The third kappa shape index (κ3) is 4.19. The molecule has 0 bridgehead atoms. The van der Waals surface area contributed by atoms with Gasteiger partial charge in [-0.15, -0.1) is 0 Å². The van der Waals surface area contributed by atoms with E-state index in [2.05, 4.69) is 16.9 Å². The SMILES string of the molecule is C=C(C)CN(C)c1ccc(C(=O)Nc2ccc(C)cc2)cn1. The second-order valence-electron chi connectivity index (χ2n) is 5.54. The van der Waals surface area contributed by atoms with Crippen LogP contribution < -0.4 is 10.2 Å². The second-order valence-corrected chi connectivity index (χ2v) is 5.54. The molecule has 114 valence electrons. The number of carbonyl (C=O) groups is 1. The molecule has 0 atom stereocenters. The topological polar surface area (TPSA) is 45.2 Å². The van der Waals surface area contributed by atoms with Gasteiger partial charge in [0, 0.05) is 25.5 Å². The largest absolute Gasteiger partial charge is 0.356 e. The van der Waals surface area contributed by atoms with E-state index in [4.69, 9.17) is 0 Å². The van der Waals surface area contributed by atoms with Gasteiger partial charge >= 0.3 is 0 Å². The molecule has 1 amide bonds. The zero-order chi connectivity index (χ0) is 16.1. The molecule has 0 aliphatic heterocycles. The number of benzene rings is 1. The fraction of sp³-hybridized carbons (Fsp3) is 0.222. The first-order valence-electron chi connectivity index (χ1n) is 7.15. The lowest BCUT2D eigenvalue weighted by Gasteiger charge is -2.18. The van der Waals surface area contributed by atoms with Gasteiger partial charge in [0.15, 0.2) is 0 Å². The standard InChI is InChI=1S/C18H21N3O/c1-13(2)12-21(4)17-10-7-15(11-19-17)18(22)20-16-8-5-14(3)6-9-16/h5-11H,1,12H2,2-4H3,(H,20,22). The van der Waals surface area contributed by atoms with Gasteiger partial charge in [0.2, 0.25) is 0 Å². The molecule has 0 saturated carbocycles. The normalized spacial score (nSPS) is 10.1. The lowest BCUT2D eigenvalue weighted by atomic mass is 10.2. The highest BCUT2D eigenvalue weighted by Crippen LogP contribution is 2.13. The van der Waals surface area contributed by atoms with Crippen LogP contribution in [0.1, 0.15) is 22.8 Å². The Morgan fingerprint density at radius 2 is 1.91 bits per heavy atom. The summed E-state index contributed by atoms with van der Waals surface area (Å²) in [5.41, 5.74) is 3.53. The van der Waals surface area contributed by atoms with Gasteiger partial charge in [0.05, 0.1) is 5.56 Å². The van der Waals surface area contributed by atoms with E-state index in [1.54, 1.807) is 12.3 Å². The minimum atomic E-state index is -0.162. The molecule has 0 radical (unpaired) electrons. The smallest absolute Gasteiger partial charge is 0.257 e. The molecule has 4 heteroatoms. The van der Waals surface area contributed by atoms with E-state index in [0.29, 0.717) is 5.56 Å². The molecule has 0 unspecified atom stereocenters. The Morgan fingerprint density at radius 3 is 2.45 bits per heavy atom. The number of rotatable bonds is 5. The Bertz CT molecular complexity index is 660. The first-order valence-corrected chi connectivity index (χ1v) is 7.15. The van der Waals surface area contributed by atoms with Crippen molar-refractivity contribution in [2.75, 3.05) is 23.8 Å². The summed E-state index contributed by atoms with van der Waals surface area (Å²) >= 11 is 0. The number of aryl methyl sites for hydroxylation is 1. The van der Waals surface area contributed by atoms with Gasteiger partial charge in [0.1, 0.15) is 5.82 Å². The van der Waals surface area contributed by atoms with Crippen LogP contribution in [0.2, 0.25) is 0 Å². The number of nitrogens with zero attached hydrogens (tertiary/aromatic N) is 2. The number of nitrogens with one attached hydrogen (secondary N) is 1. The van der Waals surface area contributed by atoms with Gasteiger partial charge in [-0.3, -0.25) is 4.79 Å². The molecule has 0 aliphatic carbocycles. The van der Waals surface area contributed by atoms with Crippen molar-refractivity contribution in [2.24, 2.45) is 0 Å². The van der Waals surface area contributed by atoms with Crippen molar-refractivity contribution in [3.63, 3.8) is 0 Å². The second kappa shape index (κ2) is 6.89. The van der Waals surface area contributed by atoms with E-state index in [9.17, 15) is 4.79 Å². The summed E-state index contributed by atoms with van der Waals surface area (Å²) in [6.07, 6.45) is 1.59. The number of aromatic nitrogens is 1. The van der Waals surface area contributed by atoms with Crippen LogP contribution in [0.5, 0.6) is 0 Å².